The summed E-state index contributed by atoms with van der Waals surface area (Å²) in [4.78, 5) is 41.1. The molecule has 2 aromatic carbocycles. The van der Waals surface area contributed by atoms with E-state index in [0.29, 0.717) is 29.6 Å². The van der Waals surface area contributed by atoms with Gasteiger partial charge in [-0.1, -0.05) is 24.3 Å². The van der Waals surface area contributed by atoms with Crippen LogP contribution in [0.4, 0.5) is 0 Å². The number of carbonyl (C=O) groups excluding carboxylic acids is 3. The lowest BCUT2D eigenvalue weighted by Gasteiger charge is -2.33. The molecule has 1 aliphatic heterocycles. The van der Waals surface area contributed by atoms with Gasteiger partial charge in [-0.05, 0) is 38.3 Å². The fourth-order valence-corrected chi connectivity index (χ4v) is 3.31. The molecule has 3 amide bonds. The fourth-order valence-electron chi connectivity index (χ4n) is 3.31. The van der Waals surface area contributed by atoms with Crippen LogP contribution in [0.5, 0.6) is 0 Å². The monoisotopic (exact) mass is 324 g/mol. The molecule has 124 valence electrons. The van der Waals surface area contributed by atoms with Crippen molar-refractivity contribution in [2.24, 2.45) is 0 Å². The summed E-state index contributed by atoms with van der Waals surface area (Å²) >= 11 is 0. The van der Waals surface area contributed by atoms with E-state index in [1.54, 1.807) is 36.1 Å². The van der Waals surface area contributed by atoms with Crippen molar-refractivity contribution in [2.75, 3.05) is 13.1 Å². The van der Waals surface area contributed by atoms with E-state index in [1.165, 1.54) is 0 Å². The maximum Gasteiger partial charge on any atom is 0.262 e. The molecule has 0 saturated heterocycles. The van der Waals surface area contributed by atoms with Crippen LogP contribution in [0.2, 0.25) is 0 Å². The lowest BCUT2D eigenvalue weighted by atomic mass is 9.93. The summed E-state index contributed by atoms with van der Waals surface area (Å²) in [5.74, 6) is -1.03. The normalized spacial score (nSPS) is 14.9. The second kappa shape index (κ2) is 6.07. The number of likely N-dealkylation sites (N-methyl/N-ethyl adjacent to an activating group) is 1. The molecule has 0 bridgehead atoms. The van der Waals surface area contributed by atoms with Crippen LogP contribution >= 0.6 is 0 Å². The van der Waals surface area contributed by atoms with E-state index in [2.05, 4.69) is 0 Å². The first kappa shape index (κ1) is 16.2. The van der Waals surface area contributed by atoms with Crippen LogP contribution in [0, 0.1) is 0 Å². The van der Waals surface area contributed by atoms with Crippen LogP contribution in [0.25, 0.3) is 10.8 Å². The van der Waals surface area contributed by atoms with Crippen LogP contribution in [-0.4, -0.2) is 46.7 Å². The van der Waals surface area contributed by atoms with Crippen molar-refractivity contribution >= 4 is 28.5 Å². The van der Waals surface area contributed by atoms with Gasteiger partial charge in [-0.25, -0.2) is 0 Å². The molecule has 5 nitrogen and oxygen atoms in total. The van der Waals surface area contributed by atoms with E-state index in [1.807, 2.05) is 26.0 Å². The topological polar surface area (TPSA) is 57.7 Å². The Hall–Kier alpha value is -2.69. The Morgan fingerprint density at radius 2 is 1.50 bits per heavy atom. The van der Waals surface area contributed by atoms with Gasteiger partial charge >= 0.3 is 0 Å². The molecule has 5 heteroatoms. The lowest BCUT2D eigenvalue weighted by Crippen LogP contribution is -2.53. The zero-order valence-electron chi connectivity index (χ0n) is 14.1. The molecule has 0 radical (unpaired) electrons. The van der Waals surface area contributed by atoms with Crippen LogP contribution in [0.1, 0.15) is 41.5 Å². The third-order valence-corrected chi connectivity index (χ3v) is 4.62. The van der Waals surface area contributed by atoms with E-state index in [-0.39, 0.29) is 5.91 Å². The summed E-state index contributed by atoms with van der Waals surface area (Å²) in [5, 5.41) is 1.53. The van der Waals surface area contributed by atoms with Gasteiger partial charge in [-0.2, -0.15) is 0 Å². The van der Waals surface area contributed by atoms with Crippen molar-refractivity contribution < 1.29 is 14.4 Å². The third-order valence-electron chi connectivity index (χ3n) is 4.62. The quantitative estimate of drug-likeness (QED) is 0.813. The summed E-state index contributed by atoms with van der Waals surface area (Å²) in [6.07, 6.45) is 0. The summed E-state index contributed by atoms with van der Waals surface area (Å²) < 4.78 is 0. The molecular weight excluding hydrogens is 304 g/mol. The van der Waals surface area contributed by atoms with Crippen LogP contribution in [-0.2, 0) is 4.79 Å². The Balaban J connectivity index is 2.08. The lowest BCUT2D eigenvalue weighted by molar-refractivity contribution is -0.134. The minimum atomic E-state index is -0.825. The predicted molar refractivity (Wildman–Crippen MR) is 91.8 cm³/mol. The molecule has 1 atom stereocenters. The van der Waals surface area contributed by atoms with E-state index in [4.69, 9.17) is 0 Å². The Morgan fingerprint density at radius 3 is 1.96 bits per heavy atom. The maximum absolute atomic E-state index is 12.9. The van der Waals surface area contributed by atoms with E-state index in [9.17, 15) is 14.4 Å². The molecule has 0 saturated carbocycles. The van der Waals surface area contributed by atoms with Gasteiger partial charge < -0.3 is 4.90 Å². The number of hydrogen-bond acceptors (Lipinski definition) is 3. The Morgan fingerprint density at radius 1 is 1.00 bits per heavy atom. The van der Waals surface area contributed by atoms with Crippen LogP contribution < -0.4 is 0 Å². The first-order valence-corrected chi connectivity index (χ1v) is 8.19. The first-order valence-electron chi connectivity index (χ1n) is 8.19. The number of hydrogen-bond donors (Lipinski definition) is 0. The number of benzene rings is 2. The Kier molecular flexibility index (Phi) is 4.09. The molecule has 1 unspecified atom stereocenters. The van der Waals surface area contributed by atoms with Crippen LogP contribution in [0.15, 0.2) is 36.4 Å². The number of imide groups is 1. The van der Waals surface area contributed by atoms with Crippen molar-refractivity contribution in [3.63, 3.8) is 0 Å². The highest BCUT2D eigenvalue weighted by Crippen LogP contribution is 2.31. The molecule has 1 heterocycles. The van der Waals surface area contributed by atoms with Crippen molar-refractivity contribution in [2.45, 2.75) is 26.8 Å². The van der Waals surface area contributed by atoms with Crippen molar-refractivity contribution in [3.8, 4) is 0 Å². The molecule has 1 aliphatic rings. The van der Waals surface area contributed by atoms with Gasteiger partial charge in [0.1, 0.15) is 6.04 Å². The Labute approximate surface area is 140 Å². The summed E-state index contributed by atoms with van der Waals surface area (Å²) in [6, 6.07) is 9.94. The van der Waals surface area contributed by atoms with Gasteiger partial charge in [0, 0.05) is 29.6 Å². The van der Waals surface area contributed by atoms with E-state index in [0.717, 1.165) is 10.3 Å². The summed E-state index contributed by atoms with van der Waals surface area (Å²) in [5.41, 5.74) is 0.948. The zero-order valence-corrected chi connectivity index (χ0v) is 14.1. The SMILES string of the molecule is CCN(CC)C(=O)C(C)N1C(=O)c2cccc3cccc(c23)C1=O. The van der Waals surface area contributed by atoms with Crippen LogP contribution in [0.3, 0.4) is 0 Å². The smallest absolute Gasteiger partial charge is 0.262 e. The molecule has 2 aromatic rings. The highest BCUT2D eigenvalue weighted by atomic mass is 16.2. The van der Waals surface area contributed by atoms with Gasteiger partial charge in [0.2, 0.25) is 5.91 Å². The first-order chi connectivity index (χ1) is 11.5. The molecule has 0 aliphatic carbocycles. The standard InChI is InChI=1S/C19H20N2O3/c1-4-20(5-2)17(22)12(3)21-18(23)14-10-6-8-13-9-7-11-15(16(13)14)19(21)24/h6-12H,4-5H2,1-3H3. The van der Waals surface area contributed by atoms with Crippen molar-refractivity contribution in [1.82, 2.24) is 9.80 Å². The Bertz CT molecular complexity index is 789. The summed E-state index contributed by atoms with van der Waals surface area (Å²) in [6.45, 7) is 6.46. The molecule has 0 fully saturated rings. The molecule has 0 N–H and O–H groups in total. The molecule has 24 heavy (non-hydrogen) atoms. The summed E-state index contributed by atoms with van der Waals surface area (Å²) in [7, 11) is 0. The molecule has 3 rings (SSSR count). The van der Waals surface area contributed by atoms with Gasteiger partial charge in [-0.15, -0.1) is 0 Å². The maximum atomic E-state index is 12.9. The fraction of sp³-hybridized carbons (Fsp3) is 0.316. The molecule has 0 aromatic heterocycles. The molecule has 0 spiro atoms. The van der Waals surface area contributed by atoms with Crippen molar-refractivity contribution in [3.05, 3.63) is 47.5 Å². The van der Waals surface area contributed by atoms with Gasteiger partial charge in [0.05, 0.1) is 0 Å². The highest BCUT2D eigenvalue weighted by molar-refractivity contribution is 6.26. The predicted octanol–water partition coefficient (Wildman–Crippen LogP) is 2.69. The van der Waals surface area contributed by atoms with Gasteiger partial charge in [0.15, 0.2) is 0 Å². The van der Waals surface area contributed by atoms with E-state index < -0.39 is 17.9 Å². The van der Waals surface area contributed by atoms with Gasteiger partial charge in [0.25, 0.3) is 11.8 Å². The largest absolute Gasteiger partial charge is 0.341 e. The van der Waals surface area contributed by atoms with Crippen molar-refractivity contribution in [1.29, 1.82) is 0 Å². The number of carbonyl (C=O) groups is 3. The minimum absolute atomic E-state index is 0.215. The number of amides is 3. The number of rotatable bonds is 4. The zero-order chi connectivity index (χ0) is 17.4. The number of nitrogens with zero attached hydrogens (tertiary/aromatic N) is 2. The third kappa shape index (κ3) is 2.28. The van der Waals surface area contributed by atoms with E-state index >= 15 is 0 Å². The second-order valence-corrected chi connectivity index (χ2v) is 5.88. The molecular formula is C19H20N2O3. The minimum Gasteiger partial charge on any atom is -0.341 e. The average molecular weight is 324 g/mol. The second-order valence-electron chi connectivity index (χ2n) is 5.88. The highest BCUT2D eigenvalue weighted by Gasteiger charge is 2.39. The average Bonchev–Trinajstić information content (AvgIpc) is 2.60. The van der Waals surface area contributed by atoms with Gasteiger partial charge in [-0.3, -0.25) is 19.3 Å².